The fraction of sp³-hybridized carbons (Fsp3) is 0.647. The Balaban J connectivity index is 1.50. The average Bonchev–Trinajstić information content (AvgIpc) is 2.56. The minimum absolute atomic E-state index is 0.130. The lowest BCUT2D eigenvalue weighted by Gasteiger charge is -2.35. The molecule has 1 aromatic carbocycles. The third-order valence-corrected chi connectivity index (χ3v) is 4.41. The molecule has 2 atom stereocenters. The molecule has 2 fully saturated rings. The average molecular weight is 324 g/mol. The van der Waals surface area contributed by atoms with E-state index in [4.69, 9.17) is 9.47 Å². The highest BCUT2D eigenvalue weighted by Gasteiger charge is 2.24. The summed E-state index contributed by atoms with van der Waals surface area (Å²) in [5, 5.41) is 10.3. The van der Waals surface area contributed by atoms with Crippen molar-refractivity contribution in [3.05, 3.63) is 35.6 Å². The first-order valence-electron chi connectivity index (χ1n) is 8.28. The van der Waals surface area contributed by atoms with Crippen molar-refractivity contribution in [2.24, 2.45) is 0 Å². The summed E-state index contributed by atoms with van der Waals surface area (Å²) in [6.07, 6.45) is -0.519. The van der Waals surface area contributed by atoms with Crippen LogP contribution in [0.1, 0.15) is 11.7 Å². The van der Waals surface area contributed by atoms with E-state index in [9.17, 15) is 9.50 Å². The number of ether oxygens (including phenoxy) is 2. The molecule has 1 N–H and O–H groups in total. The topological polar surface area (TPSA) is 45.2 Å². The van der Waals surface area contributed by atoms with Gasteiger partial charge in [-0.25, -0.2) is 4.39 Å². The van der Waals surface area contributed by atoms with E-state index >= 15 is 0 Å². The SMILES string of the molecule is OC(CN1CCOCC1)CN1CCOC(c2cccc(F)c2)C1. The van der Waals surface area contributed by atoms with Gasteiger partial charge in [0.2, 0.25) is 0 Å². The molecule has 3 rings (SSSR count). The summed E-state index contributed by atoms with van der Waals surface area (Å²) in [5.41, 5.74) is 0.859. The maximum absolute atomic E-state index is 13.4. The summed E-state index contributed by atoms with van der Waals surface area (Å²) in [4.78, 5) is 4.43. The molecule has 0 saturated carbocycles. The molecule has 128 valence electrons. The van der Waals surface area contributed by atoms with Gasteiger partial charge in [-0.15, -0.1) is 0 Å². The highest BCUT2D eigenvalue weighted by Crippen LogP contribution is 2.23. The second kappa shape index (κ2) is 8.17. The maximum atomic E-state index is 13.4. The van der Waals surface area contributed by atoms with Crippen LogP contribution >= 0.6 is 0 Å². The van der Waals surface area contributed by atoms with Crippen LogP contribution in [-0.2, 0) is 9.47 Å². The molecular weight excluding hydrogens is 299 g/mol. The Labute approximate surface area is 136 Å². The summed E-state index contributed by atoms with van der Waals surface area (Å²) in [7, 11) is 0. The van der Waals surface area contributed by atoms with Crippen LogP contribution in [0.3, 0.4) is 0 Å². The molecule has 2 aliphatic rings. The maximum Gasteiger partial charge on any atom is 0.123 e. The molecule has 6 heteroatoms. The number of hydrogen-bond acceptors (Lipinski definition) is 5. The molecule has 2 heterocycles. The van der Waals surface area contributed by atoms with Gasteiger partial charge < -0.3 is 14.6 Å². The van der Waals surface area contributed by atoms with Gasteiger partial charge in [0.25, 0.3) is 0 Å². The van der Waals surface area contributed by atoms with Crippen molar-refractivity contribution in [1.29, 1.82) is 0 Å². The van der Waals surface area contributed by atoms with E-state index in [0.717, 1.165) is 38.4 Å². The lowest BCUT2D eigenvalue weighted by molar-refractivity contribution is -0.0487. The van der Waals surface area contributed by atoms with Crippen LogP contribution in [0, 0.1) is 5.82 Å². The van der Waals surface area contributed by atoms with Crippen LogP contribution in [0.15, 0.2) is 24.3 Å². The molecule has 2 saturated heterocycles. The smallest absolute Gasteiger partial charge is 0.123 e. The van der Waals surface area contributed by atoms with Gasteiger partial charge in [-0.3, -0.25) is 9.80 Å². The van der Waals surface area contributed by atoms with Crippen LogP contribution in [0.2, 0.25) is 0 Å². The molecule has 2 unspecified atom stereocenters. The van der Waals surface area contributed by atoms with Crippen LogP contribution in [0.5, 0.6) is 0 Å². The number of aliphatic hydroxyl groups excluding tert-OH is 1. The Kier molecular flexibility index (Phi) is 5.96. The molecule has 0 spiro atoms. The zero-order chi connectivity index (χ0) is 16.1. The van der Waals surface area contributed by atoms with Gasteiger partial charge in [0.05, 0.1) is 32.0 Å². The van der Waals surface area contributed by atoms with Crippen molar-refractivity contribution >= 4 is 0 Å². The number of morpholine rings is 2. The first-order chi connectivity index (χ1) is 11.2. The van der Waals surface area contributed by atoms with E-state index < -0.39 is 0 Å². The Morgan fingerprint density at radius 1 is 1.13 bits per heavy atom. The Morgan fingerprint density at radius 3 is 2.65 bits per heavy atom. The van der Waals surface area contributed by atoms with Gasteiger partial charge in [-0.1, -0.05) is 12.1 Å². The van der Waals surface area contributed by atoms with Gasteiger partial charge in [-0.2, -0.15) is 0 Å². The van der Waals surface area contributed by atoms with E-state index in [-0.39, 0.29) is 18.0 Å². The van der Waals surface area contributed by atoms with E-state index in [1.807, 2.05) is 6.07 Å². The molecule has 5 nitrogen and oxygen atoms in total. The Hall–Kier alpha value is -1.05. The van der Waals surface area contributed by atoms with Crippen molar-refractivity contribution in [3.63, 3.8) is 0 Å². The standard InChI is InChI=1S/C17H25FN2O3/c18-15-3-1-2-14(10-15)17-13-20(6-9-23-17)12-16(21)11-19-4-7-22-8-5-19/h1-3,10,16-17,21H,4-9,11-13H2. The second-order valence-corrected chi connectivity index (χ2v) is 6.24. The molecule has 1 aromatic rings. The number of benzene rings is 1. The zero-order valence-corrected chi connectivity index (χ0v) is 13.4. The predicted octanol–water partition coefficient (Wildman–Crippen LogP) is 0.892. The van der Waals surface area contributed by atoms with E-state index in [1.165, 1.54) is 12.1 Å². The lowest BCUT2D eigenvalue weighted by Crippen LogP contribution is -2.47. The molecule has 2 aliphatic heterocycles. The molecule has 0 aromatic heterocycles. The second-order valence-electron chi connectivity index (χ2n) is 6.24. The number of halogens is 1. The van der Waals surface area contributed by atoms with Crippen molar-refractivity contribution in [2.75, 3.05) is 59.1 Å². The van der Waals surface area contributed by atoms with Crippen LogP contribution < -0.4 is 0 Å². The number of hydrogen-bond donors (Lipinski definition) is 1. The van der Waals surface area contributed by atoms with Crippen molar-refractivity contribution in [2.45, 2.75) is 12.2 Å². The van der Waals surface area contributed by atoms with Gasteiger partial charge in [0.15, 0.2) is 0 Å². The molecule has 0 radical (unpaired) electrons. The fourth-order valence-corrected chi connectivity index (χ4v) is 3.21. The monoisotopic (exact) mass is 324 g/mol. The summed E-state index contributed by atoms with van der Waals surface area (Å²) in [6.45, 7) is 6.62. The first-order valence-corrected chi connectivity index (χ1v) is 8.28. The minimum Gasteiger partial charge on any atom is -0.390 e. The first kappa shape index (κ1) is 16.8. The highest BCUT2D eigenvalue weighted by atomic mass is 19.1. The third kappa shape index (κ3) is 4.96. The molecule has 23 heavy (non-hydrogen) atoms. The van der Waals surface area contributed by atoms with Gasteiger partial charge in [0, 0.05) is 39.3 Å². The number of rotatable bonds is 5. The predicted molar refractivity (Wildman–Crippen MR) is 84.8 cm³/mol. The molecule has 0 aliphatic carbocycles. The summed E-state index contributed by atoms with van der Waals surface area (Å²) < 4.78 is 24.5. The normalized spacial score (nSPS) is 25.4. The zero-order valence-electron chi connectivity index (χ0n) is 13.4. The summed E-state index contributed by atoms with van der Waals surface area (Å²) >= 11 is 0. The van der Waals surface area contributed by atoms with E-state index in [2.05, 4.69) is 9.80 Å². The van der Waals surface area contributed by atoms with Crippen LogP contribution in [0.4, 0.5) is 4.39 Å². The fourth-order valence-electron chi connectivity index (χ4n) is 3.21. The third-order valence-electron chi connectivity index (χ3n) is 4.41. The molecule has 0 bridgehead atoms. The van der Waals surface area contributed by atoms with Gasteiger partial charge in [-0.05, 0) is 17.7 Å². The Bertz CT molecular complexity index is 496. The van der Waals surface area contributed by atoms with Crippen molar-refractivity contribution < 1.29 is 19.0 Å². The highest BCUT2D eigenvalue weighted by molar-refractivity contribution is 5.19. The summed E-state index contributed by atoms with van der Waals surface area (Å²) in [5.74, 6) is -0.240. The number of β-amino-alcohol motifs (C(OH)–C–C–N with tert-alkyl or cyclic N) is 1. The van der Waals surface area contributed by atoms with Crippen molar-refractivity contribution in [3.8, 4) is 0 Å². The van der Waals surface area contributed by atoms with E-state index in [0.29, 0.717) is 26.2 Å². The quantitative estimate of drug-likeness (QED) is 0.872. The Morgan fingerprint density at radius 2 is 1.87 bits per heavy atom. The minimum atomic E-state index is -0.389. The van der Waals surface area contributed by atoms with Crippen LogP contribution in [-0.4, -0.2) is 80.1 Å². The van der Waals surface area contributed by atoms with Gasteiger partial charge >= 0.3 is 0 Å². The molecule has 0 amide bonds. The number of aliphatic hydroxyl groups is 1. The number of nitrogens with zero attached hydrogens (tertiary/aromatic N) is 2. The van der Waals surface area contributed by atoms with Crippen LogP contribution in [0.25, 0.3) is 0 Å². The van der Waals surface area contributed by atoms with E-state index in [1.54, 1.807) is 6.07 Å². The largest absolute Gasteiger partial charge is 0.390 e. The van der Waals surface area contributed by atoms with Crippen molar-refractivity contribution in [1.82, 2.24) is 9.80 Å². The molecular formula is C17H25FN2O3. The lowest BCUT2D eigenvalue weighted by atomic mass is 10.1. The summed E-state index contributed by atoms with van der Waals surface area (Å²) in [6, 6.07) is 6.57. The van der Waals surface area contributed by atoms with Gasteiger partial charge in [0.1, 0.15) is 5.82 Å².